The largest absolute Gasteiger partial charge is 0.494 e. The van der Waals surface area contributed by atoms with Gasteiger partial charge in [-0.2, -0.15) is 4.98 Å². The first kappa shape index (κ1) is 26.2. The third-order valence-corrected chi connectivity index (χ3v) is 7.87. The molecule has 0 unspecified atom stereocenters. The lowest BCUT2D eigenvalue weighted by atomic mass is 10.2. The Balaban J connectivity index is 1.88. The minimum Gasteiger partial charge on any atom is -0.494 e. The summed E-state index contributed by atoms with van der Waals surface area (Å²) in [5, 5.41) is 14.2. The molecule has 1 aliphatic rings. The molecule has 1 heterocycles. The third-order valence-electron chi connectivity index (χ3n) is 6.09. The molecule has 2 aromatic carbocycles. The summed E-state index contributed by atoms with van der Waals surface area (Å²) in [5.74, 6) is -0.371. The molecule has 2 N–H and O–H groups in total. The highest BCUT2D eigenvalue weighted by molar-refractivity contribution is 7.91. The van der Waals surface area contributed by atoms with Crippen LogP contribution in [0.25, 0.3) is 5.69 Å². The molecule has 10 nitrogen and oxygen atoms in total. The number of aromatic nitrogens is 2. The normalized spacial score (nSPS) is 13.3. The van der Waals surface area contributed by atoms with Gasteiger partial charge < -0.3 is 19.9 Å². The quantitative estimate of drug-likeness (QED) is 0.411. The number of hydrogen-bond donors (Lipinski definition) is 2. The lowest BCUT2D eigenvalue weighted by Crippen LogP contribution is -2.26. The number of hydrogen-bond acceptors (Lipinski definition) is 8. The number of unbranched alkanes of at least 4 members (excludes halogenated alkanes) is 1. The SMILES string of the molecule is CCCCc1nc(=O)c(S(=O)(=O)c2ccc(C(=O)NC3CC3)cc2)c(O)n1-c1c(OC)cccc1OC. The number of para-hydroxylation sites is 1. The van der Waals surface area contributed by atoms with Crippen molar-refractivity contribution in [3.8, 4) is 23.1 Å². The number of nitrogens with one attached hydrogen (secondary N) is 1. The molecule has 37 heavy (non-hydrogen) atoms. The van der Waals surface area contributed by atoms with E-state index >= 15 is 0 Å². The van der Waals surface area contributed by atoms with Crippen molar-refractivity contribution in [3.63, 3.8) is 0 Å². The van der Waals surface area contributed by atoms with E-state index in [0.717, 1.165) is 19.3 Å². The number of amides is 1. The number of sulfone groups is 1. The lowest BCUT2D eigenvalue weighted by Gasteiger charge is -2.21. The van der Waals surface area contributed by atoms with Crippen molar-refractivity contribution in [3.05, 3.63) is 64.2 Å². The number of methoxy groups -OCH3 is 2. The van der Waals surface area contributed by atoms with Crippen molar-refractivity contribution < 1.29 is 27.8 Å². The molecule has 0 radical (unpaired) electrons. The molecule has 0 spiro atoms. The van der Waals surface area contributed by atoms with E-state index < -0.39 is 26.2 Å². The van der Waals surface area contributed by atoms with Gasteiger partial charge in [-0.3, -0.25) is 14.2 Å². The Morgan fingerprint density at radius 1 is 1.11 bits per heavy atom. The first-order chi connectivity index (χ1) is 17.7. The van der Waals surface area contributed by atoms with Crippen LogP contribution in [0.15, 0.2) is 57.1 Å². The zero-order chi connectivity index (χ0) is 26.7. The number of rotatable bonds is 10. The molecule has 1 saturated carbocycles. The molecule has 0 saturated heterocycles. The first-order valence-corrected chi connectivity index (χ1v) is 13.4. The number of aromatic hydroxyl groups is 1. The van der Waals surface area contributed by atoms with Crippen LogP contribution in [0.4, 0.5) is 0 Å². The minimum absolute atomic E-state index is 0.149. The van der Waals surface area contributed by atoms with Gasteiger partial charge in [0.25, 0.3) is 11.5 Å². The second-order valence-corrected chi connectivity index (χ2v) is 10.6. The van der Waals surface area contributed by atoms with Crippen molar-refractivity contribution in [1.82, 2.24) is 14.9 Å². The van der Waals surface area contributed by atoms with Crippen LogP contribution in [-0.2, 0) is 16.3 Å². The Morgan fingerprint density at radius 2 is 1.73 bits per heavy atom. The van der Waals surface area contributed by atoms with Gasteiger partial charge in [0, 0.05) is 18.0 Å². The Morgan fingerprint density at radius 3 is 2.27 bits per heavy atom. The first-order valence-electron chi connectivity index (χ1n) is 11.9. The number of carbonyl (C=O) groups excluding carboxylic acids is 1. The van der Waals surface area contributed by atoms with E-state index in [1.807, 2.05) is 6.92 Å². The van der Waals surface area contributed by atoms with Crippen molar-refractivity contribution in [2.45, 2.75) is 54.9 Å². The van der Waals surface area contributed by atoms with Gasteiger partial charge in [-0.05, 0) is 55.7 Å². The highest BCUT2D eigenvalue weighted by atomic mass is 32.2. The molecular weight excluding hydrogens is 498 g/mol. The van der Waals surface area contributed by atoms with Gasteiger partial charge in [-0.25, -0.2) is 8.42 Å². The molecule has 1 amide bonds. The summed E-state index contributed by atoms with van der Waals surface area (Å²) < 4.78 is 39.3. The Hall–Kier alpha value is -3.86. The summed E-state index contributed by atoms with van der Waals surface area (Å²) in [7, 11) is -1.67. The average molecular weight is 528 g/mol. The van der Waals surface area contributed by atoms with E-state index in [1.54, 1.807) is 18.2 Å². The van der Waals surface area contributed by atoms with Gasteiger partial charge in [-0.1, -0.05) is 19.4 Å². The third kappa shape index (κ3) is 5.17. The Labute approximate surface area is 214 Å². The molecule has 0 bridgehead atoms. The predicted molar refractivity (Wildman–Crippen MR) is 136 cm³/mol. The van der Waals surface area contributed by atoms with Crippen molar-refractivity contribution in [2.24, 2.45) is 0 Å². The van der Waals surface area contributed by atoms with Crippen LogP contribution in [0, 0.1) is 0 Å². The topological polar surface area (TPSA) is 137 Å². The molecule has 196 valence electrons. The van der Waals surface area contributed by atoms with Crippen LogP contribution in [0.3, 0.4) is 0 Å². The van der Waals surface area contributed by atoms with Crippen molar-refractivity contribution >= 4 is 15.7 Å². The monoisotopic (exact) mass is 527 g/mol. The molecule has 1 fully saturated rings. The van der Waals surface area contributed by atoms with Gasteiger partial charge in [0.05, 0.1) is 19.1 Å². The van der Waals surface area contributed by atoms with E-state index in [-0.39, 0.29) is 39.9 Å². The molecule has 1 aromatic heterocycles. The van der Waals surface area contributed by atoms with Gasteiger partial charge in [0.15, 0.2) is 4.90 Å². The number of carbonyl (C=O) groups is 1. The summed E-state index contributed by atoms with van der Waals surface area (Å²) in [6, 6.07) is 10.3. The van der Waals surface area contributed by atoms with E-state index in [4.69, 9.17) is 9.47 Å². The van der Waals surface area contributed by atoms with Crippen LogP contribution in [0.2, 0.25) is 0 Å². The van der Waals surface area contributed by atoms with Crippen molar-refractivity contribution in [2.75, 3.05) is 14.2 Å². The summed E-state index contributed by atoms with van der Waals surface area (Å²) >= 11 is 0. The molecule has 0 aliphatic heterocycles. The second-order valence-electron chi connectivity index (χ2n) is 8.71. The summed E-state index contributed by atoms with van der Waals surface area (Å²) in [4.78, 5) is 28.3. The van der Waals surface area contributed by atoms with Crippen LogP contribution in [-0.4, -0.2) is 49.2 Å². The highest BCUT2D eigenvalue weighted by Gasteiger charge is 2.32. The summed E-state index contributed by atoms with van der Waals surface area (Å²) in [6.07, 6.45) is 3.55. The fourth-order valence-corrected chi connectivity index (χ4v) is 5.30. The molecule has 11 heteroatoms. The van der Waals surface area contributed by atoms with Gasteiger partial charge in [0.2, 0.25) is 15.7 Å². The van der Waals surface area contributed by atoms with E-state index in [0.29, 0.717) is 18.4 Å². The van der Waals surface area contributed by atoms with E-state index in [2.05, 4.69) is 10.3 Å². The maximum Gasteiger partial charge on any atom is 0.296 e. The molecule has 3 aromatic rings. The molecular formula is C26H29N3O7S. The highest BCUT2D eigenvalue weighted by Crippen LogP contribution is 2.38. The van der Waals surface area contributed by atoms with E-state index in [1.165, 1.54) is 43.1 Å². The maximum absolute atomic E-state index is 13.6. The number of nitrogens with zero attached hydrogens (tertiary/aromatic N) is 2. The summed E-state index contributed by atoms with van der Waals surface area (Å²) in [6.45, 7) is 1.96. The maximum atomic E-state index is 13.6. The average Bonchev–Trinajstić information content (AvgIpc) is 3.71. The van der Waals surface area contributed by atoms with Crippen molar-refractivity contribution in [1.29, 1.82) is 0 Å². The van der Waals surface area contributed by atoms with Gasteiger partial charge in [-0.15, -0.1) is 0 Å². The van der Waals surface area contributed by atoms with E-state index in [9.17, 15) is 23.1 Å². The van der Waals surface area contributed by atoms with Crippen LogP contribution in [0.1, 0.15) is 48.8 Å². The standard InChI is InChI=1S/C26H29N3O7S/c1-4-5-9-21-28-25(31)23(26(32)29(21)22-19(35-2)7-6-8-20(22)36-3)37(33,34)18-14-10-16(11-15-18)24(30)27-17-12-13-17/h6-8,10-11,14-15,17,32H,4-5,9,12-13H2,1-3H3,(H,27,30). The van der Waals surface area contributed by atoms with Crippen LogP contribution < -0.4 is 20.3 Å². The summed E-state index contributed by atoms with van der Waals surface area (Å²) in [5.41, 5.74) is -0.573. The molecule has 1 aliphatic carbocycles. The number of benzene rings is 2. The fraction of sp³-hybridized carbons (Fsp3) is 0.346. The van der Waals surface area contributed by atoms with Gasteiger partial charge >= 0.3 is 0 Å². The molecule has 4 rings (SSSR count). The number of ether oxygens (including phenoxy) is 2. The van der Waals surface area contributed by atoms with Crippen LogP contribution >= 0.6 is 0 Å². The molecule has 0 atom stereocenters. The number of aryl methyl sites for hydroxylation is 1. The van der Waals surface area contributed by atoms with Crippen LogP contribution in [0.5, 0.6) is 17.4 Å². The lowest BCUT2D eigenvalue weighted by molar-refractivity contribution is 0.0951. The predicted octanol–water partition coefficient (Wildman–Crippen LogP) is 3.02. The van der Waals surface area contributed by atoms with Gasteiger partial charge in [0.1, 0.15) is 23.0 Å². The zero-order valence-electron chi connectivity index (χ0n) is 20.9. The minimum atomic E-state index is -4.52. The Bertz CT molecular complexity index is 1450. The zero-order valence-corrected chi connectivity index (χ0v) is 21.7. The smallest absolute Gasteiger partial charge is 0.296 e. The second kappa shape index (κ2) is 10.6. The fourth-order valence-electron chi connectivity index (χ4n) is 3.96. The Kier molecular flexibility index (Phi) is 7.53.